The summed E-state index contributed by atoms with van der Waals surface area (Å²) in [5, 5.41) is 2.75. The van der Waals surface area contributed by atoms with Crippen molar-refractivity contribution in [2.75, 3.05) is 20.1 Å². The summed E-state index contributed by atoms with van der Waals surface area (Å²) in [6, 6.07) is 6.47. The predicted octanol–water partition coefficient (Wildman–Crippen LogP) is 1.41. The van der Waals surface area contributed by atoms with E-state index in [1.807, 2.05) is 0 Å². The van der Waals surface area contributed by atoms with Gasteiger partial charge in [0.2, 0.25) is 5.91 Å². The van der Waals surface area contributed by atoms with Crippen molar-refractivity contribution < 1.29 is 4.79 Å². The summed E-state index contributed by atoms with van der Waals surface area (Å²) >= 11 is 0. The van der Waals surface area contributed by atoms with Crippen molar-refractivity contribution in [3.63, 3.8) is 0 Å². The van der Waals surface area contributed by atoms with Gasteiger partial charge < -0.3 is 11.1 Å². The Hall–Kier alpha value is -1.39. The third kappa shape index (κ3) is 3.58. The highest BCUT2D eigenvalue weighted by Crippen LogP contribution is 2.20. The predicted molar refractivity (Wildman–Crippen MR) is 81.1 cm³/mol. The van der Waals surface area contributed by atoms with Crippen LogP contribution in [-0.2, 0) is 17.9 Å². The van der Waals surface area contributed by atoms with Gasteiger partial charge in [0, 0.05) is 26.1 Å². The Balaban J connectivity index is 1.91. The molecule has 0 atom stereocenters. The molecule has 1 aliphatic rings. The van der Waals surface area contributed by atoms with Crippen LogP contribution in [0, 0.1) is 12.8 Å². The smallest absolute Gasteiger partial charge is 0.222 e. The van der Waals surface area contributed by atoms with E-state index in [2.05, 4.69) is 35.3 Å². The molecule has 1 amide bonds. The summed E-state index contributed by atoms with van der Waals surface area (Å²) < 4.78 is 0. The number of piperidine rings is 1. The van der Waals surface area contributed by atoms with Crippen LogP contribution in [0.15, 0.2) is 18.2 Å². The fourth-order valence-electron chi connectivity index (χ4n) is 2.86. The second kappa shape index (κ2) is 6.86. The molecule has 0 spiro atoms. The van der Waals surface area contributed by atoms with Crippen molar-refractivity contribution in [3.8, 4) is 0 Å². The van der Waals surface area contributed by atoms with Gasteiger partial charge in [0.1, 0.15) is 0 Å². The molecule has 110 valence electrons. The lowest BCUT2D eigenvalue weighted by molar-refractivity contribution is -0.125. The number of hydrogen-bond donors (Lipinski definition) is 2. The summed E-state index contributed by atoms with van der Waals surface area (Å²) in [7, 11) is 1.72. The first-order valence-corrected chi connectivity index (χ1v) is 7.36. The van der Waals surface area contributed by atoms with Crippen molar-refractivity contribution in [2.45, 2.75) is 32.9 Å². The molecular formula is C16H25N3O. The molecule has 0 bridgehead atoms. The normalized spacial score (nSPS) is 17.1. The van der Waals surface area contributed by atoms with E-state index in [4.69, 9.17) is 5.73 Å². The van der Waals surface area contributed by atoms with Crippen LogP contribution >= 0.6 is 0 Å². The fourth-order valence-corrected chi connectivity index (χ4v) is 2.86. The van der Waals surface area contributed by atoms with E-state index in [1.54, 1.807) is 7.05 Å². The number of hydrogen-bond acceptors (Lipinski definition) is 3. The molecule has 0 radical (unpaired) electrons. The quantitative estimate of drug-likeness (QED) is 0.873. The minimum absolute atomic E-state index is 0.188. The first kappa shape index (κ1) is 15.0. The first-order chi connectivity index (χ1) is 9.63. The van der Waals surface area contributed by atoms with Crippen LogP contribution in [0.1, 0.15) is 29.5 Å². The summed E-state index contributed by atoms with van der Waals surface area (Å²) in [6.45, 7) is 5.70. The maximum absolute atomic E-state index is 11.6. The van der Waals surface area contributed by atoms with Gasteiger partial charge in [-0.3, -0.25) is 9.69 Å². The van der Waals surface area contributed by atoms with Crippen molar-refractivity contribution in [3.05, 3.63) is 34.9 Å². The van der Waals surface area contributed by atoms with E-state index in [0.717, 1.165) is 32.5 Å². The summed E-state index contributed by atoms with van der Waals surface area (Å²) in [5.41, 5.74) is 9.51. The number of amides is 1. The highest BCUT2D eigenvalue weighted by Gasteiger charge is 2.24. The van der Waals surface area contributed by atoms with Gasteiger partial charge in [0.15, 0.2) is 0 Å². The Morgan fingerprint density at radius 1 is 1.40 bits per heavy atom. The Kier molecular flexibility index (Phi) is 5.15. The number of carbonyl (C=O) groups is 1. The Morgan fingerprint density at radius 3 is 2.65 bits per heavy atom. The van der Waals surface area contributed by atoms with Gasteiger partial charge in [-0.15, -0.1) is 0 Å². The molecule has 0 unspecified atom stereocenters. The summed E-state index contributed by atoms with van der Waals surface area (Å²) in [4.78, 5) is 14.0. The maximum Gasteiger partial charge on any atom is 0.222 e. The lowest BCUT2D eigenvalue weighted by Crippen LogP contribution is -2.39. The molecule has 0 aliphatic carbocycles. The van der Waals surface area contributed by atoms with E-state index >= 15 is 0 Å². The van der Waals surface area contributed by atoms with E-state index < -0.39 is 0 Å². The number of nitrogens with zero attached hydrogens (tertiary/aromatic N) is 1. The number of benzene rings is 1. The number of likely N-dealkylation sites (tertiary alicyclic amines) is 1. The molecular weight excluding hydrogens is 250 g/mol. The molecule has 1 aromatic rings. The highest BCUT2D eigenvalue weighted by molar-refractivity contribution is 5.78. The Labute approximate surface area is 121 Å². The lowest BCUT2D eigenvalue weighted by atomic mass is 9.95. The van der Waals surface area contributed by atoms with Gasteiger partial charge in [0.05, 0.1) is 0 Å². The van der Waals surface area contributed by atoms with Crippen molar-refractivity contribution in [1.82, 2.24) is 10.2 Å². The molecule has 1 saturated heterocycles. The summed E-state index contributed by atoms with van der Waals surface area (Å²) in [6.07, 6.45) is 1.92. The van der Waals surface area contributed by atoms with Crippen LogP contribution in [0.4, 0.5) is 0 Å². The average Bonchev–Trinajstić information content (AvgIpc) is 2.49. The van der Waals surface area contributed by atoms with E-state index in [-0.39, 0.29) is 11.8 Å². The first-order valence-electron chi connectivity index (χ1n) is 7.36. The van der Waals surface area contributed by atoms with E-state index in [0.29, 0.717) is 6.54 Å². The molecule has 1 aromatic carbocycles. The Morgan fingerprint density at radius 2 is 2.10 bits per heavy atom. The minimum Gasteiger partial charge on any atom is -0.359 e. The van der Waals surface area contributed by atoms with Gasteiger partial charge in [-0.2, -0.15) is 0 Å². The molecule has 1 heterocycles. The molecule has 0 saturated carbocycles. The van der Waals surface area contributed by atoms with E-state index in [9.17, 15) is 4.79 Å². The number of nitrogens with two attached hydrogens (primary N) is 1. The number of nitrogens with one attached hydrogen (secondary N) is 1. The zero-order valence-electron chi connectivity index (χ0n) is 12.5. The maximum atomic E-state index is 11.6. The van der Waals surface area contributed by atoms with Gasteiger partial charge in [-0.25, -0.2) is 0 Å². The molecule has 20 heavy (non-hydrogen) atoms. The minimum atomic E-state index is 0.188. The third-order valence-electron chi connectivity index (χ3n) is 4.24. The van der Waals surface area contributed by atoms with Crippen molar-refractivity contribution >= 4 is 5.91 Å². The topological polar surface area (TPSA) is 58.4 Å². The van der Waals surface area contributed by atoms with Crippen LogP contribution in [-0.4, -0.2) is 30.9 Å². The zero-order valence-corrected chi connectivity index (χ0v) is 12.5. The standard InChI is InChI=1S/C16H25N3O/c1-12-9-13(10-17)3-4-15(12)11-19-7-5-14(6-8-19)16(20)18-2/h3-4,9,14H,5-8,10-11,17H2,1-2H3,(H,18,20). The molecule has 4 nitrogen and oxygen atoms in total. The molecule has 1 fully saturated rings. The monoisotopic (exact) mass is 275 g/mol. The molecule has 1 aliphatic heterocycles. The molecule has 4 heteroatoms. The van der Waals surface area contributed by atoms with Gasteiger partial charge in [-0.05, 0) is 49.5 Å². The van der Waals surface area contributed by atoms with Crippen LogP contribution in [0.25, 0.3) is 0 Å². The average molecular weight is 275 g/mol. The highest BCUT2D eigenvalue weighted by atomic mass is 16.1. The number of rotatable bonds is 4. The van der Waals surface area contributed by atoms with E-state index in [1.165, 1.54) is 16.7 Å². The Bertz CT molecular complexity index is 465. The van der Waals surface area contributed by atoms with Crippen molar-refractivity contribution in [2.24, 2.45) is 11.7 Å². The van der Waals surface area contributed by atoms with Gasteiger partial charge >= 0.3 is 0 Å². The van der Waals surface area contributed by atoms with Crippen LogP contribution < -0.4 is 11.1 Å². The van der Waals surface area contributed by atoms with Gasteiger partial charge in [0.25, 0.3) is 0 Å². The zero-order chi connectivity index (χ0) is 14.5. The van der Waals surface area contributed by atoms with Crippen molar-refractivity contribution in [1.29, 1.82) is 0 Å². The molecule has 2 rings (SSSR count). The van der Waals surface area contributed by atoms with Crippen LogP contribution in [0.5, 0.6) is 0 Å². The largest absolute Gasteiger partial charge is 0.359 e. The van der Waals surface area contributed by atoms with Crippen LogP contribution in [0.2, 0.25) is 0 Å². The second-order valence-electron chi connectivity index (χ2n) is 5.63. The summed E-state index contributed by atoms with van der Waals surface area (Å²) in [5.74, 6) is 0.380. The van der Waals surface area contributed by atoms with Crippen LogP contribution in [0.3, 0.4) is 0 Å². The van der Waals surface area contributed by atoms with Gasteiger partial charge in [-0.1, -0.05) is 18.2 Å². The number of aryl methyl sites for hydroxylation is 1. The molecule has 0 aromatic heterocycles. The molecule has 3 N–H and O–H groups in total. The number of carbonyl (C=O) groups excluding carboxylic acids is 1. The fraction of sp³-hybridized carbons (Fsp3) is 0.562. The SMILES string of the molecule is CNC(=O)C1CCN(Cc2ccc(CN)cc2C)CC1. The third-order valence-corrected chi connectivity index (χ3v) is 4.24. The lowest BCUT2D eigenvalue weighted by Gasteiger charge is -2.31. The second-order valence-corrected chi connectivity index (χ2v) is 5.63.